The molecular formula is C23H19N3O5S2. The number of nitrogens with two attached hydrogens (primary N) is 1. The summed E-state index contributed by atoms with van der Waals surface area (Å²) in [4.78, 5) is 27.0. The number of amides is 2. The molecule has 1 aliphatic rings. The fourth-order valence-corrected chi connectivity index (χ4v) is 4.26. The summed E-state index contributed by atoms with van der Waals surface area (Å²) in [6.07, 6.45) is 1.35. The number of carbonyl (C=O) groups excluding carboxylic acids is 2. The molecule has 8 nitrogen and oxygen atoms in total. The molecule has 1 aromatic heterocycles. The molecule has 0 spiro atoms. The highest BCUT2D eigenvalue weighted by Crippen LogP contribution is 2.28. The quantitative estimate of drug-likeness (QED) is 0.335. The van der Waals surface area contributed by atoms with E-state index in [0.29, 0.717) is 17.0 Å². The minimum atomic E-state index is -3.80. The smallest absolute Gasteiger partial charge is 0.270 e. The first-order valence-corrected chi connectivity index (χ1v) is 11.7. The molecule has 2 amide bonds. The SMILES string of the molecule is Cc1ccc(N2C(=O)C(=Cc3ccc(-c4ccc(S(N)(=O)=O)cc4)o3)C(=O)NC2=S)c(C)c1. The lowest BCUT2D eigenvalue weighted by molar-refractivity contribution is -0.122. The van der Waals surface area contributed by atoms with Crippen LogP contribution in [0.4, 0.5) is 5.69 Å². The first-order valence-electron chi connectivity index (χ1n) is 9.76. The molecule has 3 aromatic rings. The zero-order valence-corrected chi connectivity index (χ0v) is 19.3. The summed E-state index contributed by atoms with van der Waals surface area (Å²) in [6, 6.07) is 14.6. The molecule has 33 heavy (non-hydrogen) atoms. The van der Waals surface area contributed by atoms with Crippen LogP contribution in [-0.4, -0.2) is 25.3 Å². The van der Waals surface area contributed by atoms with Crippen LogP contribution in [0.1, 0.15) is 16.9 Å². The number of nitrogens with one attached hydrogen (secondary N) is 1. The van der Waals surface area contributed by atoms with E-state index in [-0.39, 0.29) is 21.3 Å². The number of sulfonamides is 1. The Morgan fingerprint density at radius 3 is 2.36 bits per heavy atom. The number of carbonyl (C=O) groups is 2. The van der Waals surface area contributed by atoms with Gasteiger partial charge in [0.15, 0.2) is 5.11 Å². The lowest BCUT2D eigenvalue weighted by Crippen LogP contribution is -2.54. The van der Waals surface area contributed by atoms with Gasteiger partial charge >= 0.3 is 0 Å². The number of aryl methyl sites for hydroxylation is 2. The van der Waals surface area contributed by atoms with E-state index in [1.165, 1.54) is 23.1 Å². The summed E-state index contributed by atoms with van der Waals surface area (Å²) < 4.78 is 28.6. The third-order valence-corrected chi connectivity index (χ3v) is 6.29. The molecular weight excluding hydrogens is 462 g/mol. The molecule has 0 atom stereocenters. The van der Waals surface area contributed by atoms with E-state index in [4.69, 9.17) is 21.8 Å². The van der Waals surface area contributed by atoms with Crippen LogP contribution in [0.3, 0.4) is 0 Å². The zero-order valence-electron chi connectivity index (χ0n) is 17.7. The Morgan fingerprint density at radius 1 is 1.03 bits per heavy atom. The first-order chi connectivity index (χ1) is 15.5. The second kappa shape index (κ2) is 8.39. The molecule has 2 heterocycles. The summed E-state index contributed by atoms with van der Waals surface area (Å²) in [6.45, 7) is 3.80. The number of nitrogens with zero attached hydrogens (tertiary/aromatic N) is 1. The van der Waals surface area contributed by atoms with Gasteiger partial charge in [0.05, 0.1) is 10.6 Å². The lowest BCUT2D eigenvalue weighted by atomic mass is 10.1. The highest BCUT2D eigenvalue weighted by molar-refractivity contribution is 7.89. The van der Waals surface area contributed by atoms with Gasteiger partial charge in [0.2, 0.25) is 10.0 Å². The van der Waals surface area contributed by atoms with Crippen molar-refractivity contribution in [2.75, 3.05) is 4.90 Å². The van der Waals surface area contributed by atoms with Crippen LogP contribution in [0.25, 0.3) is 17.4 Å². The van der Waals surface area contributed by atoms with Gasteiger partial charge in [0, 0.05) is 5.56 Å². The van der Waals surface area contributed by atoms with Crippen LogP contribution >= 0.6 is 12.2 Å². The van der Waals surface area contributed by atoms with Crippen LogP contribution in [0.15, 0.2) is 69.5 Å². The van der Waals surface area contributed by atoms with Gasteiger partial charge in [-0.05, 0) is 80.2 Å². The fraction of sp³-hybridized carbons (Fsp3) is 0.0870. The third kappa shape index (κ3) is 4.49. The lowest BCUT2D eigenvalue weighted by Gasteiger charge is -2.30. The maximum absolute atomic E-state index is 13.2. The normalized spacial score (nSPS) is 15.8. The predicted octanol–water partition coefficient (Wildman–Crippen LogP) is 3.04. The molecule has 10 heteroatoms. The number of hydrogen-bond donors (Lipinski definition) is 2. The van der Waals surface area contributed by atoms with Crippen molar-refractivity contribution < 1.29 is 22.4 Å². The first kappa shape index (κ1) is 22.6. The van der Waals surface area contributed by atoms with E-state index in [2.05, 4.69) is 5.32 Å². The van der Waals surface area contributed by atoms with E-state index in [9.17, 15) is 18.0 Å². The zero-order chi connectivity index (χ0) is 23.9. The van der Waals surface area contributed by atoms with Gasteiger partial charge in [-0.3, -0.25) is 19.8 Å². The molecule has 2 aromatic carbocycles. The molecule has 1 fully saturated rings. The molecule has 0 saturated carbocycles. The number of furan rings is 1. The molecule has 0 radical (unpaired) electrons. The van der Waals surface area contributed by atoms with E-state index < -0.39 is 21.8 Å². The molecule has 1 saturated heterocycles. The van der Waals surface area contributed by atoms with E-state index in [0.717, 1.165) is 11.1 Å². The summed E-state index contributed by atoms with van der Waals surface area (Å²) in [7, 11) is -3.80. The monoisotopic (exact) mass is 481 g/mol. The van der Waals surface area contributed by atoms with Crippen LogP contribution in [0, 0.1) is 13.8 Å². The Morgan fingerprint density at radius 2 is 1.73 bits per heavy atom. The highest BCUT2D eigenvalue weighted by atomic mass is 32.2. The standard InChI is InChI=1S/C23H19N3O5S2/c1-13-3-9-19(14(2)11-13)26-22(28)18(21(27)25-23(26)32)12-16-6-10-20(31-16)15-4-7-17(8-5-15)33(24,29)30/h3-12H,1-2H3,(H2,24,29,30)(H,25,27,32). The van der Waals surface area contributed by atoms with Crippen LogP contribution < -0.4 is 15.4 Å². The molecule has 3 N–H and O–H groups in total. The second-order valence-electron chi connectivity index (χ2n) is 7.52. The number of benzene rings is 2. The van der Waals surface area contributed by atoms with Crippen molar-refractivity contribution in [2.45, 2.75) is 18.7 Å². The Labute approximate surface area is 195 Å². The Bertz CT molecular complexity index is 1440. The molecule has 0 unspecified atom stereocenters. The minimum Gasteiger partial charge on any atom is -0.457 e. The number of primary sulfonamides is 1. The molecule has 0 bridgehead atoms. The molecule has 4 rings (SSSR count). The molecule has 1 aliphatic heterocycles. The highest BCUT2D eigenvalue weighted by Gasteiger charge is 2.35. The second-order valence-corrected chi connectivity index (χ2v) is 9.47. The summed E-state index contributed by atoms with van der Waals surface area (Å²) >= 11 is 5.25. The van der Waals surface area contributed by atoms with Gasteiger partial charge in [-0.15, -0.1) is 0 Å². The van der Waals surface area contributed by atoms with Crippen molar-refractivity contribution in [3.05, 3.63) is 77.1 Å². The molecule has 0 aliphatic carbocycles. The molecule has 168 valence electrons. The van der Waals surface area contributed by atoms with Gasteiger partial charge in [-0.2, -0.15) is 0 Å². The van der Waals surface area contributed by atoms with Crippen molar-refractivity contribution in [1.82, 2.24) is 5.32 Å². The predicted molar refractivity (Wildman–Crippen MR) is 128 cm³/mol. The Hall–Kier alpha value is -3.60. The Balaban J connectivity index is 1.66. The minimum absolute atomic E-state index is 0.00387. The van der Waals surface area contributed by atoms with Crippen LogP contribution in [0.5, 0.6) is 0 Å². The van der Waals surface area contributed by atoms with Crippen LogP contribution in [0.2, 0.25) is 0 Å². The fourth-order valence-electron chi connectivity index (χ4n) is 3.47. The van der Waals surface area contributed by atoms with Crippen molar-refractivity contribution >= 4 is 50.9 Å². The summed E-state index contributed by atoms with van der Waals surface area (Å²) in [5, 5.41) is 7.67. The summed E-state index contributed by atoms with van der Waals surface area (Å²) in [5.41, 5.74) is 2.92. The average molecular weight is 482 g/mol. The maximum atomic E-state index is 13.2. The van der Waals surface area contributed by atoms with Crippen molar-refractivity contribution in [2.24, 2.45) is 5.14 Å². The number of thiocarbonyl (C=S) groups is 1. The van der Waals surface area contributed by atoms with Gasteiger partial charge in [0.25, 0.3) is 11.8 Å². The number of hydrogen-bond acceptors (Lipinski definition) is 6. The number of rotatable bonds is 4. The van der Waals surface area contributed by atoms with Crippen LogP contribution in [-0.2, 0) is 19.6 Å². The largest absolute Gasteiger partial charge is 0.457 e. The van der Waals surface area contributed by atoms with Crippen molar-refractivity contribution in [1.29, 1.82) is 0 Å². The van der Waals surface area contributed by atoms with Crippen molar-refractivity contribution in [3.8, 4) is 11.3 Å². The van der Waals surface area contributed by atoms with Gasteiger partial charge < -0.3 is 4.42 Å². The van der Waals surface area contributed by atoms with Gasteiger partial charge in [-0.25, -0.2) is 13.6 Å². The topological polar surface area (TPSA) is 123 Å². The van der Waals surface area contributed by atoms with E-state index >= 15 is 0 Å². The van der Waals surface area contributed by atoms with Crippen molar-refractivity contribution in [3.63, 3.8) is 0 Å². The van der Waals surface area contributed by atoms with E-state index in [1.807, 2.05) is 26.0 Å². The summed E-state index contributed by atoms with van der Waals surface area (Å²) in [5.74, 6) is -0.492. The van der Waals surface area contributed by atoms with E-state index in [1.54, 1.807) is 30.3 Å². The Kier molecular flexibility index (Phi) is 5.75. The van der Waals surface area contributed by atoms with Gasteiger partial charge in [0.1, 0.15) is 17.1 Å². The third-order valence-electron chi connectivity index (χ3n) is 5.08. The average Bonchev–Trinajstić information content (AvgIpc) is 3.21. The maximum Gasteiger partial charge on any atom is 0.270 e. The number of anilines is 1. The van der Waals surface area contributed by atoms with Gasteiger partial charge in [-0.1, -0.05) is 17.7 Å².